The number of nitrogens with one attached hydrogen (secondary N) is 2. The Labute approximate surface area is 150 Å². The SMILES string of the molecule is CCc1ccc(N=C2NC(=O)[C@@H](CC(=O)Nc3ccccc3)S2)cc1. The average Bonchev–Trinajstić information content (AvgIpc) is 2.95. The molecular formula is C19H19N3O2S. The van der Waals surface area contributed by atoms with E-state index in [0.717, 1.165) is 17.8 Å². The van der Waals surface area contributed by atoms with Gasteiger partial charge in [0.15, 0.2) is 5.17 Å². The van der Waals surface area contributed by atoms with Gasteiger partial charge in [0, 0.05) is 12.1 Å². The summed E-state index contributed by atoms with van der Waals surface area (Å²) in [7, 11) is 0. The van der Waals surface area contributed by atoms with E-state index < -0.39 is 5.25 Å². The van der Waals surface area contributed by atoms with E-state index in [2.05, 4.69) is 22.5 Å². The first kappa shape index (κ1) is 17.2. The predicted molar refractivity (Wildman–Crippen MR) is 102 cm³/mol. The van der Waals surface area contributed by atoms with Crippen LogP contribution in [0.25, 0.3) is 0 Å². The standard InChI is InChI=1S/C19H19N3O2S/c1-2-13-8-10-15(11-9-13)21-19-22-18(24)16(25-19)12-17(23)20-14-6-4-3-5-7-14/h3-11,16H,2,12H2,1H3,(H,20,23)(H,21,22,24)/t16-/m1/s1. The minimum Gasteiger partial charge on any atom is -0.326 e. The number of thioether (sulfide) groups is 1. The highest BCUT2D eigenvalue weighted by molar-refractivity contribution is 8.15. The Morgan fingerprint density at radius 2 is 1.88 bits per heavy atom. The average molecular weight is 353 g/mol. The first-order valence-electron chi connectivity index (χ1n) is 8.14. The van der Waals surface area contributed by atoms with Crippen LogP contribution in [0.2, 0.25) is 0 Å². The van der Waals surface area contributed by atoms with Gasteiger partial charge in [0.25, 0.3) is 0 Å². The Morgan fingerprint density at radius 3 is 2.56 bits per heavy atom. The third kappa shape index (κ3) is 4.70. The third-order valence-corrected chi connectivity index (χ3v) is 4.86. The van der Waals surface area contributed by atoms with Crippen LogP contribution < -0.4 is 10.6 Å². The van der Waals surface area contributed by atoms with Crippen molar-refractivity contribution in [2.45, 2.75) is 25.0 Å². The molecule has 1 heterocycles. The van der Waals surface area contributed by atoms with Crippen molar-refractivity contribution in [3.8, 4) is 0 Å². The van der Waals surface area contributed by atoms with Crippen molar-refractivity contribution in [1.29, 1.82) is 0 Å². The topological polar surface area (TPSA) is 70.6 Å². The largest absolute Gasteiger partial charge is 0.326 e. The molecule has 1 aliphatic rings. The number of aryl methyl sites for hydroxylation is 1. The van der Waals surface area contributed by atoms with Gasteiger partial charge < -0.3 is 10.6 Å². The molecule has 1 atom stereocenters. The van der Waals surface area contributed by atoms with Crippen molar-refractivity contribution in [2.75, 3.05) is 5.32 Å². The van der Waals surface area contributed by atoms with Crippen LogP contribution in [0, 0.1) is 0 Å². The maximum absolute atomic E-state index is 12.1. The van der Waals surface area contributed by atoms with Gasteiger partial charge in [-0.2, -0.15) is 0 Å². The van der Waals surface area contributed by atoms with Gasteiger partial charge in [0.05, 0.1) is 5.69 Å². The number of anilines is 1. The lowest BCUT2D eigenvalue weighted by Crippen LogP contribution is -2.28. The zero-order chi connectivity index (χ0) is 17.6. The number of carbonyl (C=O) groups excluding carboxylic acids is 2. The molecule has 0 aromatic heterocycles. The van der Waals surface area contributed by atoms with Gasteiger partial charge >= 0.3 is 0 Å². The lowest BCUT2D eigenvalue weighted by molar-refractivity contribution is -0.122. The number of hydrogen-bond donors (Lipinski definition) is 2. The highest BCUT2D eigenvalue weighted by Crippen LogP contribution is 2.25. The van der Waals surface area contributed by atoms with Gasteiger partial charge in [-0.1, -0.05) is 49.0 Å². The van der Waals surface area contributed by atoms with Crippen molar-refractivity contribution in [2.24, 2.45) is 4.99 Å². The van der Waals surface area contributed by atoms with Crippen LogP contribution in [0.4, 0.5) is 11.4 Å². The fourth-order valence-corrected chi connectivity index (χ4v) is 3.41. The summed E-state index contributed by atoms with van der Waals surface area (Å²) in [4.78, 5) is 28.6. The van der Waals surface area contributed by atoms with E-state index >= 15 is 0 Å². The number of para-hydroxylation sites is 1. The molecule has 128 valence electrons. The van der Waals surface area contributed by atoms with Crippen LogP contribution in [0.5, 0.6) is 0 Å². The molecule has 3 rings (SSSR count). The Kier molecular flexibility index (Phi) is 5.50. The Balaban J connectivity index is 1.60. The lowest BCUT2D eigenvalue weighted by Gasteiger charge is -2.07. The summed E-state index contributed by atoms with van der Waals surface area (Å²) in [5, 5.41) is 5.61. The second kappa shape index (κ2) is 7.98. The molecule has 1 aliphatic heterocycles. The van der Waals surface area contributed by atoms with Crippen molar-refractivity contribution in [3.63, 3.8) is 0 Å². The van der Waals surface area contributed by atoms with Crippen LogP contribution in [0.1, 0.15) is 18.9 Å². The molecule has 2 N–H and O–H groups in total. The van der Waals surface area contributed by atoms with Gasteiger partial charge in [-0.3, -0.25) is 9.59 Å². The zero-order valence-electron chi connectivity index (χ0n) is 13.9. The molecule has 0 radical (unpaired) electrons. The number of hydrogen-bond acceptors (Lipinski definition) is 4. The molecular weight excluding hydrogens is 334 g/mol. The van der Waals surface area contributed by atoms with E-state index in [9.17, 15) is 9.59 Å². The maximum atomic E-state index is 12.1. The number of benzene rings is 2. The second-order valence-electron chi connectivity index (χ2n) is 5.65. The summed E-state index contributed by atoms with van der Waals surface area (Å²) in [6, 6.07) is 17.1. The smallest absolute Gasteiger partial charge is 0.240 e. The van der Waals surface area contributed by atoms with Crippen LogP contribution in [-0.2, 0) is 16.0 Å². The molecule has 2 aromatic rings. The van der Waals surface area contributed by atoms with Gasteiger partial charge in [-0.05, 0) is 36.2 Å². The monoisotopic (exact) mass is 353 g/mol. The van der Waals surface area contributed by atoms with Gasteiger partial charge in [-0.15, -0.1) is 0 Å². The molecule has 6 heteroatoms. The van der Waals surface area contributed by atoms with Crippen LogP contribution in [-0.4, -0.2) is 22.2 Å². The van der Waals surface area contributed by atoms with Crippen molar-refractivity contribution >= 4 is 40.1 Å². The first-order chi connectivity index (χ1) is 12.1. The number of nitrogens with zero attached hydrogens (tertiary/aromatic N) is 1. The molecule has 5 nitrogen and oxygen atoms in total. The maximum Gasteiger partial charge on any atom is 0.240 e. The third-order valence-electron chi connectivity index (χ3n) is 3.78. The van der Waals surface area contributed by atoms with Crippen molar-refractivity contribution in [3.05, 3.63) is 60.2 Å². The molecule has 0 bridgehead atoms. The second-order valence-corrected chi connectivity index (χ2v) is 6.84. The highest BCUT2D eigenvalue weighted by Gasteiger charge is 2.32. The Hall–Kier alpha value is -2.60. The number of rotatable bonds is 5. The summed E-state index contributed by atoms with van der Waals surface area (Å²) in [6.45, 7) is 2.10. The molecule has 0 aliphatic carbocycles. The van der Waals surface area contributed by atoms with E-state index in [1.54, 1.807) is 0 Å². The summed E-state index contributed by atoms with van der Waals surface area (Å²) in [5.41, 5.74) is 2.75. The number of carbonyl (C=O) groups is 2. The summed E-state index contributed by atoms with van der Waals surface area (Å²) >= 11 is 1.29. The fraction of sp³-hybridized carbons (Fsp3) is 0.211. The van der Waals surface area contributed by atoms with Gasteiger partial charge in [-0.25, -0.2) is 4.99 Å². The minimum atomic E-state index is -0.461. The van der Waals surface area contributed by atoms with E-state index in [1.807, 2.05) is 54.6 Å². The van der Waals surface area contributed by atoms with Crippen molar-refractivity contribution < 1.29 is 9.59 Å². The molecule has 0 spiro atoms. The summed E-state index contributed by atoms with van der Waals surface area (Å²) < 4.78 is 0. The molecule has 25 heavy (non-hydrogen) atoms. The van der Waals surface area contributed by atoms with E-state index in [4.69, 9.17) is 0 Å². The lowest BCUT2D eigenvalue weighted by atomic mass is 10.2. The summed E-state index contributed by atoms with van der Waals surface area (Å²) in [6.07, 6.45) is 1.08. The van der Waals surface area contributed by atoms with Crippen molar-refractivity contribution in [1.82, 2.24) is 5.32 Å². The minimum absolute atomic E-state index is 0.110. The quantitative estimate of drug-likeness (QED) is 0.864. The number of amides is 2. The normalized spacial score (nSPS) is 18.2. The van der Waals surface area contributed by atoms with E-state index in [-0.39, 0.29) is 18.2 Å². The molecule has 0 saturated carbocycles. The van der Waals surface area contributed by atoms with E-state index in [0.29, 0.717) is 5.17 Å². The van der Waals surface area contributed by atoms with Crippen LogP contribution in [0.3, 0.4) is 0 Å². The molecule has 1 saturated heterocycles. The van der Waals surface area contributed by atoms with Crippen LogP contribution >= 0.6 is 11.8 Å². The number of amidine groups is 1. The molecule has 2 aromatic carbocycles. The number of aliphatic imine (C=N–C) groups is 1. The highest BCUT2D eigenvalue weighted by atomic mass is 32.2. The molecule has 2 amide bonds. The fourth-order valence-electron chi connectivity index (χ4n) is 2.42. The van der Waals surface area contributed by atoms with Crippen LogP contribution in [0.15, 0.2) is 59.6 Å². The first-order valence-corrected chi connectivity index (χ1v) is 9.02. The van der Waals surface area contributed by atoms with E-state index in [1.165, 1.54) is 17.3 Å². The van der Waals surface area contributed by atoms with Gasteiger partial charge in [0.2, 0.25) is 11.8 Å². The Morgan fingerprint density at radius 1 is 1.16 bits per heavy atom. The zero-order valence-corrected chi connectivity index (χ0v) is 14.7. The molecule has 0 unspecified atom stereocenters. The predicted octanol–water partition coefficient (Wildman–Crippen LogP) is 3.50. The Bertz CT molecular complexity index is 788. The summed E-state index contributed by atoms with van der Waals surface area (Å²) in [5.74, 6) is -0.371. The van der Waals surface area contributed by atoms with Gasteiger partial charge in [0.1, 0.15) is 5.25 Å². The molecule has 1 fully saturated rings.